The second-order valence-electron chi connectivity index (χ2n) is 5.14. The lowest BCUT2D eigenvalue weighted by molar-refractivity contribution is -0.120. The van der Waals surface area contributed by atoms with E-state index in [0.717, 1.165) is 22.2 Å². The van der Waals surface area contributed by atoms with Gasteiger partial charge in [-0.15, -0.1) is 0 Å². The number of rotatable bonds is 7. The maximum absolute atomic E-state index is 11.9. The molecule has 0 atom stereocenters. The molecule has 0 saturated heterocycles. The zero-order valence-corrected chi connectivity index (χ0v) is 14.9. The molecule has 126 valence electrons. The Kier molecular flexibility index (Phi) is 6.81. The van der Waals surface area contributed by atoms with E-state index in [1.54, 1.807) is 25.3 Å². The molecule has 0 aromatic heterocycles. The predicted octanol–water partition coefficient (Wildman–Crippen LogP) is 2.55. The van der Waals surface area contributed by atoms with Crippen molar-refractivity contribution in [3.8, 4) is 5.75 Å². The first-order valence-electron chi connectivity index (χ1n) is 7.52. The molecule has 0 saturated carbocycles. The van der Waals surface area contributed by atoms with Crippen molar-refractivity contribution in [3.05, 3.63) is 64.1 Å². The Morgan fingerprint density at radius 3 is 2.50 bits per heavy atom. The summed E-state index contributed by atoms with van der Waals surface area (Å²) < 4.78 is 5.92. The van der Waals surface area contributed by atoms with Crippen LogP contribution in [0.4, 0.5) is 0 Å². The van der Waals surface area contributed by atoms with Crippen LogP contribution in [0.5, 0.6) is 5.75 Å². The van der Waals surface area contributed by atoms with Crippen molar-refractivity contribution >= 4 is 27.7 Å². The number of halogens is 1. The third-order valence-electron chi connectivity index (χ3n) is 3.39. The van der Waals surface area contributed by atoms with Crippen LogP contribution in [0.3, 0.4) is 0 Å². The van der Waals surface area contributed by atoms with Gasteiger partial charge in [-0.3, -0.25) is 9.59 Å². The Hall–Kier alpha value is -2.34. The van der Waals surface area contributed by atoms with E-state index in [0.29, 0.717) is 12.1 Å². The van der Waals surface area contributed by atoms with Gasteiger partial charge in [-0.05, 0) is 42.3 Å². The average Bonchev–Trinajstić information content (AvgIpc) is 2.60. The summed E-state index contributed by atoms with van der Waals surface area (Å²) in [5.74, 6) is 0.312. The Morgan fingerprint density at radius 1 is 1.08 bits per heavy atom. The van der Waals surface area contributed by atoms with Crippen LogP contribution >= 0.6 is 15.9 Å². The molecule has 0 fully saturated rings. The first-order chi connectivity index (χ1) is 11.6. The molecule has 0 bridgehead atoms. The first kappa shape index (κ1) is 18.0. The zero-order valence-electron chi connectivity index (χ0n) is 13.3. The summed E-state index contributed by atoms with van der Waals surface area (Å²) in [5, 5.41) is 5.39. The van der Waals surface area contributed by atoms with E-state index in [4.69, 9.17) is 4.74 Å². The molecule has 0 radical (unpaired) electrons. The minimum Gasteiger partial charge on any atom is -0.497 e. The van der Waals surface area contributed by atoms with Gasteiger partial charge in [0.1, 0.15) is 5.75 Å². The number of nitrogens with one attached hydrogen (secondary N) is 2. The highest BCUT2D eigenvalue weighted by Gasteiger charge is 2.08. The van der Waals surface area contributed by atoms with Gasteiger partial charge in [-0.2, -0.15) is 0 Å². The highest BCUT2D eigenvalue weighted by Crippen LogP contribution is 2.12. The third-order valence-corrected chi connectivity index (χ3v) is 3.88. The normalized spacial score (nSPS) is 10.1. The summed E-state index contributed by atoms with van der Waals surface area (Å²) in [6, 6.07) is 14.7. The fourth-order valence-corrected chi connectivity index (χ4v) is 2.49. The summed E-state index contributed by atoms with van der Waals surface area (Å²) >= 11 is 3.31. The molecule has 2 N–H and O–H groups in total. The van der Waals surface area contributed by atoms with Gasteiger partial charge in [0.15, 0.2) is 0 Å². The van der Waals surface area contributed by atoms with Crippen molar-refractivity contribution < 1.29 is 14.3 Å². The van der Waals surface area contributed by atoms with E-state index < -0.39 is 0 Å². The van der Waals surface area contributed by atoms with Gasteiger partial charge in [0.2, 0.25) is 5.91 Å². The lowest BCUT2D eigenvalue weighted by Gasteiger charge is -2.08. The second kappa shape index (κ2) is 9.08. The number of methoxy groups -OCH3 is 1. The molecule has 0 unspecified atom stereocenters. The predicted molar refractivity (Wildman–Crippen MR) is 96.2 cm³/mol. The maximum Gasteiger partial charge on any atom is 0.251 e. The molecule has 24 heavy (non-hydrogen) atoms. The van der Waals surface area contributed by atoms with Crippen molar-refractivity contribution in [1.29, 1.82) is 0 Å². The molecule has 0 aliphatic heterocycles. The number of carbonyl (C=O) groups excluding carboxylic acids is 2. The minimum absolute atomic E-state index is 0.0477. The Balaban J connectivity index is 1.70. The molecule has 6 heteroatoms. The van der Waals surface area contributed by atoms with Crippen molar-refractivity contribution in [2.75, 3.05) is 20.2 Å². The molecule has 0 spiro atoms. The second-order valence-corrected chi connectivity index (χ2v) is 6.06. The molecular weight excluding hydrogens is 372 g/mol. The SMILES string of the molecule is COc1ccc(CCNC(=O)CNC(=O)c2cccc(Br)c2)cc1. The van der Waals surface area contributed by atoms with Gasteiger partial charge in [0.25, 0.3) is 5.91 Å². The molecule has 2 rings (SSSR count). The lowest BCUT2D eigenvalue weighted by atomic mass is 10.1. The van der Waals surface area contributed by atoms with Crippen LogP contribution in [0.15, 0.2) is 53.0 Å². The molecule has 2 amide bonds. The quantitative estimate of drug-likeness (QED) is 0.763. The van der Waals surface area contributed by atoms with Gasteiger partial charge in [0.05, 0.1) is 13.7 Å². The molecule has 0 heterocycles. The molecule has 2 aromatic rings. The van der Waals surface area contributed by atoms with Gasteiger partial charge in [-0.1, -0.05) is 34.1 Å². The highest BCUT2D eigenvalue weighted by atomic mass is 79.9. The topological polar surface area (TPSA) is 67.4 Å². The van der Waals surface area contributed by atoms with E-state index in [9.17, 15) is 9.59 Å². The third kappa shape index (κ3) is 5.70. The van der Waals surface area contributed by atoms with E-state index >= 15 is 0 Å². The van der Waals surface area contributed by atoms with Crippen LogP contribution in [0.1, 0.15) is 15.9 Å². The van der Waals surface area contributed by atoms with Crippen molar-refractivity contribution in [2.24, 2.45) is 0 Å². The van der Waals surface area contributed by atoms with Crippen LogP contribution in [-0.4, -0.2) is 32.0 Å². The molecule has 0 aliphatic carbocycles. The summed E-state index contributed by atoms with van der Waals surface area (Å²) in [6.45, 7) is 0.464. The summed E-state index contributed by atoms with van der Waals surface area (Å²) in [4.78, 5) is 23.7. The molecule has 5 nitrogen and oxygen atoms in total. The molecule has 0 aliphatic rings. The van der Waals surface area contributed by atoms with Crippen molar-refractivity contribution in [2.45, 2.75) is 6.42 Å². The van der Waals surface area contributed by atoms with Crippen LogP contribution in [-0.2, 0) is 11.2 Å². The van der Waals surface area contributed by atoms with Crippen LogP contribution in [0.25, 0.3) is 0 Å². The van der Waals surface area contributed by atoms with Crippen LogP contribution in [0.2, 0.25) is 0 Å². The zero-order chi connectivity index (χ0) is 17.4. The Bertz CT molecular complexity index is 702. The maximum atomic E-state index is 11.9. The monoisotopic (exact) mass is 390 g/mol. The van der Waals surface area contributed by atoms with E-state index in [-0.39, 0.29) is 18.4 Å². The van der Waals surface area contributed by atoms with Gasteiger partial charge >= 0.3 is 0 Å². The summed E-state index contributed by atoms with van der Waals surface area (Å²) in [5.41, 5.74) is 1.62. The Labute approximate surface area is 149 Å². The molecule has 2 aromatic carbocycles. The average molecular weight is 391 g/mol. The number of benzene rings is 2. The largest absolute Gasteiger partial charge is 0.497 e. The Morgan fingerprint density at radius 2 is 1.83 bits per heavy atom. The lowest BCUT2D eigenvalue weighted by Crippen LogP contribution is -2.37. The van der Waals surface area contributed by atoms with E-state index in [1.807, 2.05) is 30.3 Å². The number of hydrogen-bond acceptors (Lipinski definition) is 3. The first-order valence-corrected chi connectivity index (χ1v) is 8.31. The smallest absolute Gasteiger partial charge is 0.251 e. The highest BCUT2D eigenvalue weighted by molar-refractivity contribution is 9.10. The molecular formula is C18H19BrN2O3. The fourth-order valence-electron chi connectivity index (χ4n) is 2.09. The van der Waals surface area contributed by atoms with E-state index in [1.165, 1.54) is 0 Å². The number of hydrogen-bond donors (Lipinski definition) is 2. The number of ether oxygens (including phenoxy) is 1. The van der Waals surface area contributed by atoms with Crippen LogP contribution < -0.4 is 15.4 Å². The van der Waals surface area contributed by atoms with Crippen molar-refractivity contribution in [1.82, 2.24) is 10.6 Å². The van der Waals surface area contributed by atoms with Crippen LogP contribution in [0, 0.1) is 0 Å². The van der Waals surface area contributed by atoms with Gasteiger partial charge in [0, 0.05) is 16.6 Å². The van der Waals surface area contributed by atoms with Gasteiger partial charge < -0.3 is 15.4 Å². The number of carbonyl (C=O) groups is 2. The summed E-state index contributed by atoms with van der Waals surface area (Å²) in [6.07, 6.45) is 0.718. The van der Waals surface area contributed by atoms with Crippen molar-refractivity contribution in [3.63, 3.8) is 0 Å². The van der Waals surface area contributed by atoms with Gasteiger partial charge in [-0.25, -0.2) is 0 Å². The summed E-state index contributed by atoms with van der Waals surface area (Å²) in [7, 11) is 1.62. The minimum atomic E-state index is -0.276. The standard InChI is InChI=1S/C18H19BrN2O3/c1-24-16-7-5-13(6-8-16)9-10-20-17(22)12-21-18(23)14-3-2-4-15(19)11-14/h2-8,11H,9-10,12H2,1H3,(H,20,22)(H,21,23). The van der Waals surface area contributed by atoms with E-state index in [2.05, 4.69) is 26.6 Å². The number of amides is 2. The fraction of sp³-hybridized carbons (Fsp3) is 0.222.